The second-order valence-electron chi connectivity index (χ2n) is 5.26. The zero-order valence-corrected chi connectivity index (χ0v) is 13.6. The summed E-state index contributed by atoms with van der Waals surface area (Å²) in [7, 11) is -3.85. The van der Waals surface area contributed by atoms with Crippen molar-refractivity contribution in [3.63, 3.8) is 0 Å². The Balaban J connectivity index is 1.78. The van der Waals surface area contributed by atoms with Crippen LogP contribution in [0.4, 0.5) is 0 Å². The summed E-state index contributed by atoms with van der Waals surface area (Å²) in [6.07, 6.45) is 0.518. The van der Waals surface area contributed by atoms with E-state index in [9.17, 15) is 22.2 Å². The third-order valence-electron chi connectivity index (χ3n) is 3.83. The molecule has 0 aliphatic carbocycles. The van der Waals surface area contributed by atoms with E-state index in [-0.39, 0.29) is 31.0 Å². The fraction of sp³-hybridized carbons (Fsp3) is 0.429. The van der Waals surface area contributed by atoms with Gasteiger partial charge >= 0.3 is 0 Å². The van der Waals surface area contributed by atoms with Gasteiger partial charge in [-0.1, -0.05) is 24.3 Å². The van der Waals surface area contributed by atoms with Crippen LogP contribution in [0.1, 0.15) is 33.6 Å². The Labute approximate surface area is 135 Å². The number of carbonyl (C=O) groups is 2. The zero-order valence-electron chi connectivity index (χ0n) is 12.0. The Kier molecular flexibility index (Phi) is 4.45. The molecule has 23 heavy (non-hydrogen) atoms. The molecule has 2 aliphatic rings. The van der Waals surface area contributed by atoms with Gasteiger partial charge in [0, 0.05) is 11.1 Å². The van der Waals surface area contributed by atoms with Crippen molar-refractivity contribution in [2.75, 3.05) is 13.2 Å². The molecule has 0 amide bonds. The number of hydrogen-bond acceptors (Lipinski definition) is 7. The number of carbonyl (C=O) groups excluding carboxylic acids is 2. The molecule has 2 aliphatic heterocycles. The quantitative estimate of drug-likeness (QED) is 0.574. The Morgan fingerprint density at radius 1 is 1.00 bits per heavy atom. The summed E-state index contributed by atoms with van der Waals surface area (Å²) in [5.41, 5.74) is 0.514. The molecule has 9 heteroatoms. The topological polar surface area (TPSA) is 104 Å². The van der Waals surface area contributed by atoms with Gasteiger partial charge in [-0.2, -0.15) is 8.42 Å². The van der Waals surface area contributed by atoms with E-state index >= 15 is 0 Å². The molecule has 2 saturated heterocycles. The highest BCUT2D eigenvalue weighted by Gasteiger charge is 2.39. The molecule has 3 rings (SSSR count). The van der Waals surface area contributed by atoms with E-state index in [0.717, 1.165) is 0 Å². The summed E-state index contributed by atoms with van der Waals surface area (Å²) >= 11 is -1.63. The SMILES string of the molecule is O=C(c1ccc(C(=O)C2CCOS2(=O)=O)cc1)C1CCOS1=O. The highest BCUT2D eigenvalue weighted by Crippen LogP contribution is 2.23. The smallest absolute Gasteiger partial charge is 0.277 e. The van der Waals surface area contributed by atoms with Crippen molar-refractivity contribution in [3.8, 4) is 0 Å². The van der Waals surface area contributed by atoms with E-state index < -0.39 is 37.5 Å². The molecular formula is C14H14O7S2. The minimum Gasteiger partial charge on any atom is -0.293 e. The standard InChI is InChI=1S/C14H14O7S2/c15-13(11-5-7-20-22(11)17)9-1-3-10(4-2-9)14(16)12-6-8-21-23(12,18)19/h1-4,11-12H,5-8H2. The zero-order chi connectivity index (χ0) is 16.6. The van der Waals surface area contributed by atoms with Gasteiger partial charge in [-0.15, -0.1) is 0 Å². The monoisotopic (exact) mass is 358 g/mol. The van der Waals surface area contributed by atoms with E-state index in [0.29, 0.717) is 12.0 Å². The van der Waals surface area contributed by atoms with Crippen molar-refractivity contribution in [2.45, 2.75) is 23.3 Å². The van der Waals surface area contributed by atoms with E-state index in [2.05, 4.69) is 4.18 Å². The third kappa shape index (κ3) is 3.14. The van der Waals surface area contributed by atoms with Crippen LogP contribution in [0, 0.1) is 0 Å². The second-order valence-corrected chi connectivity index (χ2v) is 8.37. The lowest BCUT2D eigenvalue weighted by molar-refractivity contribution is 0.0975. The van der Waals surface area contributed by atoms with Crippen molar-refractivity contribution in [2.24, 2.45) is 0 Å². The van der Waals surface area contributed by atoms with Gasteiger partial charge in [0.25, 0.3) is 10.1 Å². The van der Waals surface area contributed by atoms with Crippen molar-refractivity contribution in [1.29, 1.82) is 0 Å². The summed E-state index contributed by atoms with van der Waals surface area (Å²) in [5.74, 6) is -0.856. The molecule has 0 saturated carbocycles. The molecule has 7 nitrogen and oxygen atoms in total. The maximum atomic E-state index is 12.2. The molecule has 1 aromatic carbocycles. The van der Waals surface area contributed by atoms with Crippen LogP contribution < -0.4 is 0 Å². The summed E-state index contributed by atoms with van der Waals surface area (Å²) in [4.78, 5) is 24.5. The van der Waals surface area contributed by atoms with Gasteiger partial charge in [-0.05, 0) is 12.8 Å². The maximum Gasteiger partial charge on any atom is 0.277 e. The number of rotatable bonds is 4. The summed E-state index contributed by atoms with van der Waals surface area (Å²) in [6, 6.07) is 5.69. The van der Waals surface area contributed by atoms with Gasteiger partial charge < -0.3 is 0 Å². The maximum absolute atomic E-state index is 12.2. The molecule has 0 aromatic heterocycles. The van der Waals surface area contributed by atoms with E-state index in [1.165, 1.54) is 24.3 Å². The lowest BCUT2D eigenvalue weighted by Gasteiger charge is -2.09. The van der Waals surface area contributed by atoms with Gasteiger partial charge in [-0.25, -0.2) is 4.21 Å². The minimum absolute atomic E-state index is 0.00278. The number of ketones is 2. The Morgan fingerprint density at radius 2 is 1.61 bits per heavy atom. The molecule has 0 bridgehead atoms. The first kappa shape index (κ1) is 16.4. The molecular weight excluding hydrogens is 344 g/mol. The largest absolute Gasteiger partial charge is 0.293 e. The minimum atomic E-state index is -3.85. The van der Waals surface area contributed by atoms with E-state index in [1.54, 1.807) is 0 Å². The Morgan fingerprint density at radius 3 is 2.09 bits per heavy atom. The molecule has 2 heterocycles. The fourth-order valence-corrected chi connectivity index (χ4v) is 4.86. The first-order chi connectivity index (χ1) is 10.9. The summed E-state index contributed by atoms with van der Waals surface area (Å²) < 4.78 is 44.2. The average molecular weight is 358 g/mol. The first-order valence-electron chi connectivity index (χ1n) is 7.01. The van der Waals surface area contributed by atoms with Crippen LogP contribution in [0.5, 0.6) is 0 Å². The second kappa shape index (κ2) is 6.23. The molecule has 3 unspecified atom stereocenters. The van der Waals surface area contributed by atoms with E-state index in [1.807, 2.05) is 0 Å². The van der Waals surface area contributed by atoms with Gasteiger partial charge in [0.2, 0.25) is 0 Å². The molecule has 2 fully saturated rings. The average Bonchev–Trinajstić information content (AvgIpc) is 3.11. The number of benzene rings is 1. The predicted molar refractivity (Wildman–Crippen MR) is 80.9 cm³/mol. The van der Waals surface area contributed by atoms with Gasteiger partial charge in [0.1, 0.15) is 5.25 Å². The Hall–Kier alpha value is -1.42. The highest BCUT2D eigenvalue weighted by atomic mass is 32.2. The first-order valence-corrected chi connectivity index (χ1v) is 9.62. The summed E-state index contributed by atoms with van der Waals surface area (Å²) in [6.45, 7) is 0.280. The third-order valence-corrected chi connectivity index (χ3v) is 6.78. The van der Waals surface area contributed by atoms with E-state index in [4.69, 9.17) is 4.18 Å². The van der Waals surface area contributed by atoms with Crippen molar-refractivity contribution < 1.29 is 30.6 Å². The van der Waals surface area contributed by atoms with Crippen LogP contribution in [0.3, 0.4) is 0 Å². The molecule has 1 aromatic rings. The molecule has 0 N–H and O–H groups in total. The van der Waals surface area contributed by atoms with Crippen LogP contribution >= 0.6 is 0 Å². The fourth-order valence-electron chi connectivity index (χ4n) is 2.56. The van der Waals surface area contributed by atoms with Crippen LogP contribution in [0.25, 0.3) is 0 Å². The lowest BCUT2D eigenvalue weighted by Crippen LogP contribution is -2.26. The predicted octanol–water partition coefficient (Wildman–Crippen LogP) is 0.623. The highest BCUT2D eigenvalue weighted by molar-refractivity contribution is 7.88. The number of hydrogen-bond donors (Lipinski definition) is 0. The van der Waals surface area contributed by atoms with Gasteiger partial charge in [-0.3, -0.25) is 18.0 Å². The Bertz CT molecular complexity index is 767. The van der Waals surface area contributed by atoms with Crippen molar-refractivity contribution in [1.82, 2.24) is 0 Å². The normalized spacial score (nSPS) is 29.5. The van der Waals surface area contributed by atoms with Crippen LogP contribution in [-0.2, 0) is 29.6 Å². The van der Waals surface area contributed by atoms with Crippen molar-refractivity contribution in [3.05, 3.63) is 35.4 Å². The molecule has 3 atom stereocenters. The van der Waals surface area contributed by atoms with Crippen LogP contribution in [-0.4, -0.2) is 47.9 Å². The van der Waals surface area contributed by atoms with Crippen LogP contribution in [0.2, 0.25) is 0 Å². The lowest BCUT2D eigenvalue weighted by atomic mass is 10.0. The molecule has 0 radical (unpaired) electrons. The van der Waals surface area contributed by atoms with Gasteiger partial charge in [0.05, 0.1) is 13.2 Å². The summed E-state index contributed by atoms with van der Waals surface area (Å²) in [5, 5.41) is -1.89. The number of Topliss-reactive ketones (excluding diaryl/α,β-unsaturated/α-hetero) is 2. The van der Waals surface area contributed by atoms with Gasteiger partial charge in [0.15, 0.2) is 27.9 Å². The van der Waals surface area contributed by atoms with Crippen LogP contribution in [0.15, 0.2) is 24.3 Å². The molecule has 124 valence electrons. The molecule has 0 spiro atoms. The van der Waals surface area contributed by atoms with Crippen molar-refractivity contribution >= 4 is 32.8 Å².